The average Bonchev–Trinajstić information content (AvgIpc) is 3.27. The van der Waals surface area contributed by atoms with Crippen LogP contribution < -0.4 is 8.92 Å². The van der Waals surface area contributed by atoms with Gasteiger partial charge in [-0.25, -0.2) is 0 Å². The minimum atomic E-state index is -3.74. The Labute approximate surface area is 188 Å². The van der Waals surface area contributed by atoms with Crippen molar-refractivity contribution < 1.29 is 26.5 Å². The second-order valence-electron chi connectivity index (χ2n) is 7.42. The maximum Gasteiger partial charge on any atom is 0.306 e. The maximum absolute atomic E-state index is 13.6. The largest absolute Gasteiger partial charge is 0.493 e. The van der Waals surface area contributed by atoms with E-state index in [0.717, 1.165) is 11.8 Å². The molecule has 0 N–H and O–H groups in total. The van der Waals surface area contributed by atoms with E-state index in [9.17, 15) is 13.2 Å². The van der Waals surface area contributed by atoms with Crippen molar-refractivity contribution in [3.05, 3.63) is 83.8 Å². The van der Waals surface area contributed by atoms with Crippen LogP contribution in [-0.4, -0.2) is 32.6 Å². The topological polar surface area (TPSA) is 86.0 Å². The first kappa shape index (κ1) is 23.4. The van der Waals surface area contributed by atoms with Gasteiger partial charge in [-0.1, -0.05) is 43.3 Å². The van der Waals surface area contributed by atoms with Crippen molar-refractivity contribution in [1.29, 1.82) is 0 Å². The molecule has 1 unspecified atom stereocenters. The highest BCUT2D eigenvalue weighted by molar-refractivity contribution is 7.86. The molecule has 0 spiro atoms. The predicted octanol–water partition coefficient (Wildman–Crippen LogP) is 4.35. The molecule has 7 nitrogen and oxygen atoms in total. The van der Waals surface area contributed by atoms with E-state index >= 15 is 0 Å². The van der Waals surface area contributed by atoms with Crippen LogP contribution in [0.25, 0.3) is 0 Å². The lowest BCUT2D eigenvalue weighted by molar-refractivity contribution is -0.134. The predicted molar refractivity (Wildman–Crippen MR) is 121 cm³/mol. The lowest BCUT2D eigenvalue weighted by Crippen LogP contribution is -2.34. The van der Waals surface area contributed by atoms with Crippen molar-refractivity contribution >= 4 is 16.0 Å². The molecule has 8 heteroatoms. The van der Waals surface area contributed by atoms with Gasteiger partial charge in [-0.3, -0.25) is 4.79 Å². The van der Waals surface area contributed by atoms with Crippen molar-refractivity contribution in [2.45, 2.75) is 32.4 Å². The molecule has 0 saturated heterocycles. The molecule has 0 bridgehead atoms. The second-order valence-corrected chi connectivity index (χ2v) is 8.99. The zero-order valence-corrected chi connectivity index (χ0v) is 19.2. The van der Waals surface area contributed by atoms with Crippen LogP contribution in [0.2, 0.25) is 0 Å². The third-order valence-electron chi connectivity index (χ3n) is 4.99. The van der Waals surface area contributed by atoms with Crippen LogP contribution in [0.1, 0.15) is 36.1 Å². The first-order chi connectivity index (χ1) is 15.3. The van der Waals surface area contributed by atoms with Gasteiger partial charge in [0.25, 0.3) is 0 Å². The van der Waals surface area contributed by atoms with E-state index in [4.69, 9.17) is 13.3 Å². The number of amides is 1. The van der Waals surface area contributed by atoms with E-state index in [1.165, 1.54) is 7.11 Å². The van der Waals surface area contributed by atoms with Gasteiger partial charge in [0.15, 0.2) is 11.5 Å². The normalized spacial score (nSPS) is 12.2. The zero-order chi connectivity index (χ0) is 23.1. The van der Waals surface area contributed by atoms with E-state index in [1.54, 1.807) is 35.4 Å². The van der Waals surface area contributed by atoms with Crippen molar-refractivity contribution in [3.8, 4) is 11.5 Å². The summed E-state index contributed by atoms with van der Waals surface area (Å²) in [6, 6.07) is 18.2. The minimum absolute atomic E-state index is 0.0449. The summed E-state index contributed by atoms with van der Waals surface area (Å²) in [7, 11) is -2.31. The van der Waals surface area contributed by atoms with E-state index in [0.29, 0.717) is 23.5 Å². The standard InChI is InChI=1S/C24H27NO6S/c1-4-21(19-9-6-5-7-10-19)24(26)25(17-20-11-8-14-30-20)16-18-12-13-22(29-2)23(15-18)31-32(3,27)28/h5-15,21H,4,16-17H2,1-3H3. The molecule has 1 atom stereocenters. The average molecular weight is 458 g/mol. The maximum atomic E-state index is 13.6. The summed E-state index contributed by atoms with van der Waals surface area (Å²) in [5.74, 6) is 0.668. The van der Waals surface area contributed by atoms with Crippen molar-refractivity contribution in [3.63, 3.8) is 0 Å². The van der Waals surface area contributed by atoms with Gasteiger partial charge in [0.1, 0.15) is 5.76 Å². The molecule has 1 aromatic heterocycles. The number of nitrogens with zero attached hydrogens (tertiary/aromatic N) is 1. The highest BCUT2D eigenvalue weighted by Crippen LogP contribution is 2.31. The van der Waals surface area contributed by atoms with E-state index in [2.05, 4.69) is 0 Å². The number of hydrogen-bond acceptors (Lipinski definition) is 6. The zero-order valence-electron chi connectivity index (χ0n) is 18.4. The molecule has 0 fully saturated rings. The number of rotatable bonds is 10. The summed E-state index contributed by atoms with van der Waals surface area (Å²) in [6.45, 7) is 2.50. The van der Waals surface area contributed by atoms with Crippen LogP contribution in [0, 0.1) is 0 Å². The Morgan fingerprint density at radius 1 is 1.03 bits per heavy atom. The smallest absolute Gasteiger partial charge is 0.306 e. The molecule has 1 amide bonds. The molecule has 3 aromatic rings. The summed E-state index contributed by atoms with van der Waals surface area (Å²) in [6.07, 6.45) is 3.18. The molecule has 0 aliphatic carbocycles. The third-order valence-corrected chi connectivity index (χ3v) is 5.47. The Morgan fingerprint density at radius 3 is 2.38 bits per heavy atom. The van der Waals surface area contributed by atoms with Crippen LogP contribution in [0.3, 0.4) is 0 Å². The van der Waals surface area contributed by atoms with Gasteiger partial charge >= 0.3 is 10.1 Å². The van der Waals surface area contributed by atoms with Crippen LogP contribution in [0.4, 0.5) is 0 Å². The first-order valence-electron chi connectivity index (χ1n) is 10.2. The Hall–Kier alpha value is -3.26. The lowest BCUT2D eigenvalue weighted by atomic mass is 9.94. The van der Waals surface area contributed by atoms with Crippen molar-refractivity contribution in [1.82, 2.24) is 4.90 Å². The molecule has 3 rings (SSSR count). The Bertz CT molecular complexity index is 1130. The van der Waals surface area contributed by atoms with Gasteiger partial charge in [0, 0.05) is 6.54 Å². The molecule has 32 heavy (non-hydrogen) atoms. The summed E-state index contributed by atoms with van der Waals surface area (Å²) in [4.78, 5) is 15.3. The molecule has 2 aromatic carbocycles. The fourth-order valence-electron chi connectivity index (χ4n) is 3.53. The third kappa shape index (κ3) is 6.13. The Balaban J connectivity index is 1.92. The van der Waals surface area contributed by atoms with E-state index in [-0.39, 0.29) is 30.7 Å². The Kier molecular flexibility index (Phi) is 7.58. The van der Waals surface area contributed by atoms with Crippen LogP contribution in [-0.2, 0) is 28.0 Å². The SMILES string of the molecule is CCC(C(=O)N(Cc1ccc(OC)c(OS(C)(=O)=O)c1)Cc1ccco1)c1ccccc1. The van der Waals surface area contributed by atoms with E-state index in [1.807, 2.05) is 43.3 Å². The lowest BCUT2D eigenvalue weighted by Gasteiger charge is -2.27. The highest BCUT2D eigenvalue weighted by Gasteiger charge is 2.26. The van der Waals surface area contributed by atoms with E-state index < -0.39 is 10.1 Å². The minimum Gasteiger partial charge on any atom is -0.493 e. The number of hydrogen-bond donors (Lipinski definition) is 0. The molecule has 0 aliphatic heterocycles. The summed E-state index contributed by atoms with van der Waals surface area (Å²) in [5.41, 5.74) is 1.65. The molecular weight excluding hydrogens is 430 g/mol. The van der Waals surface area contributed by atoms with Gasteiger partial charge < -0.3 is 18.2 Å². The number of carbonyl (C=O) groups excluding carboxylic acids is 1. The fourth-order valence-corrected chi connectivity index (χ4v) is 3.99. The van der Waals surface area contributed by atoms with Gasteiger partial charge in [0.05, 0.1) is 32.1 Å². The quantitative estimate of drug-likeness (QED) is 0.421. The van der Waals surface area contributed by atoms with Crippen LogP contribution in [0.15, 0.2) is 71.3 Å². The van der Waals surface area contributed by atoms with Gasteiger partial charge in [-0.05, 0) is 41.8 Å². The number of ether oxygens (including phenoxy) is 1. The van der Waals surface area contributed by atoms with Crippen LogP contribution in [0.5, 0.6) is 11.5 Å². The molecule has 1 heterocycles. The first-order valence-corrected chi connectivity index (χ1v) is 12.0. The monoisotopic (exact) mass is 457 g/mol. The number of methoxy groups -OCH3 is 1. The second kappa shape index (κ2) is 10.4. The van der Waals surface area contributed by atoms with Crippen molar-refractivity contribution in [2.75, 3.05) is 13.4 Å². The summed E-state index contributed by atoms with van der Waals surface area (Å²) >= 11 is 0. The van der Waals surface area contributed by atoms with Gasteiger partial charge in [-0.2, -0.15) is 8.42 Å². The number of furan rings is 1. The molecule has 0 aliphatic rings. The van der Waals surface area contributed by atoms with Crippen molar-refractivity contribution in [2.24, 2.45) is 0 Å². The van der Waals surface area contributed by atoms with Crippen LogP contribution >= 0.6 is 0 Å². The molecular formula is C24H27NO6S. The summed E-state index contributed by atoms with van der Waals surface area (Å²) < 4.78 is 39.1. The molecule has 0 radical (unpaired) electrons. The van der Waals surface area contributed by atoms with Gasteiger partial charge in [0.2, 0.25) is 5.91 Å². The molecule has 170 valence electrons. The highest BCUT2D eigenvalue weighted by atomic mass is 32.2. The number of carbonyl (C=O) groups is 1. The molecule has 0 saturated carbocycles. The van der Waals surface area contributed by atoms with Gasteiger partial charge in [-0.15, -0.1) is 0 Å². The fraction of sp³-hybridized carbons (Fsp3) is 0.292. The Morgan fingerprint density at radius 2 is 1.78 bits per heavy atom. The summed E-state index contributed by atoms with van der Waals surface area (Å²) in [5, 5.41) is 0. The number of benzene rings is 2.